The molecule has 1 saturated carbocycles. The third kappa shape index (κ3) is 2.03. The fourth-order valence-corrected chi connectivity index (χ4v) is 2.82. The van der Waals surface area contributed by atoms with Crippen LogP contribution >= 0.6 is 0 Å². The molecule has 0 aromatic rings. The van der Waals surface area contributed by atoms with Crippen molar-refractivity contribution in [3.63, 3.8) is 0 Å². The van der Waals surface area contributed by atoms with Crippen LogP contribution in [0.1, 0.15) is 51.9 Å². The number of unbranched alkanes of at least 4 members (excludes halogenated alkanes) is 1. The van der Waals surface area contributed by atoms with Gasteiger partial charge in [-0.15, -0.1) is 0 Å². The van der Waals surface area contributed by atoms with Gasteiger partial charge in [0.1, 0.15) is 0 Å². The van der Waals surface area contributed by atoms with E-state index in [0.717, 1.165) is 25.2 Å². The standard InChI is InChI=1S/C13H22O/c1-2-3-8-13(14)9-6-4-5-7-11-10-12(11)13/h6,9,11-12,14H,2-5,7-8,10H2,1H3/b9-6-/t11-,12+,13+/m0/s1. The Kier molecular flexibility index (Phi) is 2.96. The van der Waals surface area contributed by atoms with Crippen LogP contribution in [-0.2, 0) is 0 Å². The molecule has 0 saturated heterocycles. The minimum Gasteiger partial charge on any atom is -0.385 e. The van der Waals surface area contributed by atoms with Crippen molar-refractivity contribution < 1.29 is 5.11 Å². The summed E-state index contributed by atoms with van der Waals surface area (Å²) in [5.41, 5.74) is -0.443. The number of allylic oxidation sites excluding steroid dienone is 1. The molecule has 1 N–H and O–H groups in total. The number of aliphatic hydroxyl groups is 1. The molecule has 2 rings (SSSR count). The first-order chi connectivity index (χ1) is 6.76. The van der Waals surface area contributed by atoms with Gasteiger partial charge in [0.2, 0.25) is 0 Å². The molecule has 0 unspecified atom stereocenters. The molecule has 0 bridgehead atoms. The largest absolute Gasteiger partial charge is 0.385 e. The quantitative estimate of drug-likeness (QED) is 0.684. The first-order valence-corrected chi connectivity index (χ1v) is 6.16. The Morgan fingerprint density at radius 2 is 2.36 bits per heavy atom. The Morgan fingerprint density at radius 1 is 1.50 bits per heavy atom. The van der Waals surface area contributed by atoms with Gasteiger partial charge in [0.15, 0.2) is 0 Å². The van der Waals surface area contributed by atoms with E-state index in [1.165, 1.54) is 25.7 Å². The Bertz CT molecular complexity index is 221. The van der Waals surface area contributed by atoms with E-state index >= 15 is 0 Å². The lowest BCUT2D eigenvalue weighted by molar-refractivity contribution is 0.0486. The van der Waals surface area contributed by atoms with Gasteiger partial charge in [-0.1, -0.05) is 31.9 Å². The molecule has 0 radical (unpaired) electrons. The van der Waals surface area contributed by atoms with E-state index in [4.69, 9.17) is 0 Å². The van der Waals surface area contributed by atoms with Crippen LogP contribution < -0.4 is 0 Å². The van der Waals surface area contributed by atoms with E-state index < -0.39 is 5.60 Å². The summed E-state index contributed by atoms with van der Waals surface area (Å²) < 4.78 is 0. The van der Waals surface area contributed by atoms with Gasteiger partial charge in [-0.25, -0.2) is 0 Å². The van der Waals surface area contributed by atoms with Crippen LogP contribution in [0.3, 0.4) is 0 Å². The first-order valence-electron chi connectivity index (χ1n) is 6.16. The second-order valence-corrected chi connectivity index (χ2v) is 5.03. The summed E-state index contributed by atoms with van der Waals surface area (Å²) >= 11 is 0. The number of fused-ring (bicyclic) bond motifs is 1. The van der Waals surface area contributed by atoms with Gasteiger partial charge in [-0.05, 0) is 43.9 Å². The predicted octanol–water partition coefficient (Wildman–Crippen LogP) is 3.28. The second kappa shape index (κ2) is 4.06. The molecule has 1 heteroatoms. The average Bonchev–Trinajstić information content (AvgIpc) is 2.91. The molecular formula is C13H22O. The van der Waals surface area contributed by atoms with E-state index in [2.05, 4.69) is 19.1 Å². The summed E-state index contributed by atoms with van der Waals surface area (Å²) in [6, 6.07) is 0. The summed E-state index contributed by atoms with van der Waals surface area (Å²) in [6.07, 6.45) is 12.7. The van der Waals surface area contributed by atoms with Crippen molar-refractivity contribution in [2.24, 2.45) is 11.8 Å². The molecule has 2 aliphatic carbocycles. The monoisotopic (exact) mass is 194 g/mol. The summed E-state index contributed by atoms with van der Waals surface area (Å²) in [6.45, 7) is 2.19. The lowest BCUT2D eigenvalue weighted by Crippen LogP contribution is -2.30. The van der Waals surface area contributed by atoms with Crippen LogP contribution in [0.2, 0.25) is 0 Å². The third-order valence-corrected chi connectivity index (χ3v) is 3.85. The highest BCUT2D eigenvalue weighted by Gasteiger charge is 2.49. The van der Waals surface area contributed by atoms with Gasteiger partial charge in [-0.2, -0.15) is 0 Å². The third-order valence-electron chi connectivity index (χ3n) is 3.85. The Balaban J connectivity index is 2.01. The molecule has 1 nitrogen and oxygen atoms in total. The lowest BCUT2D eigenvalue weighted by atomic mass is 9.87. The van der Waals surface area contributed by atoms with Crippen LogP contribution in [0.4, 0.5) is 0 Å². The van der Waals surface area contributed by atoms with E-state index in [-0.39, 0.29) is 0 Å². The van der Waals surface area contributed by atoms with Crippen LogP contribution in [-0.4, -0.2) is 10.7 Å². The van der Waals surface area contributed by atoms with Crippen LogP contribution in [0.15, 0.2) is 12.2 Å². The van der Waals surface area contributed by atoms with E-state index in [9.17, 15) is 5.11 Å². The average molecular weight is 194 g/mol. The maximum absolute atomic E-state index is 10.5. The zero-order chi connectivity index (χ0) is 10.0. The van der Waals surface area contributed by atoms with Gasteiger partial charge in [0.25, 0.3) is 0 Å². The summed E-state index contributed by atoms with van der Waals surface area (Å²) in [7, 11) is 0. The second-order valence-electron chi connectivity index (χ2n) is 5.03. The van der Waals surface area contributed by atoms with Gasteiger partial charge in [0, 0.05) is 0 Å². The molecule has 0 heterocycles. The summed E-state index contributed by atoms with van der Waals surface area (Å²) in [5.74, 6) is 1.42. The zero-order valence-corrected chi connectivity index (χ0v) is 9.21. The van der Waals surface area contributed by atoms with E-state index in [1.807, 2.05) is 0 Å². The molecule has 0 aliphatic heterocycles. The van der Waals surface area contributed by atoms with Gasteiger partial charge in [-0.3, -0.25) is 0 Å². The fraction of sp³-hybridized carbons (Fsp3) is 0.846. The molecule has 1 fully saturated rings. The number of hydrogen-bond acceptors (Lipinski definition) is 1. The lowest BCUT2D eigenvalue weighted by Gasteiger charge is -2.26. The molecule has 0 spiro atoms. The van der Waals surface area contributed by atoms with Crippen molar-refractivity contribution in [3.8, 4) is 0 Å². The Labute approximate surface area is 87.2 Å². The smallest absolute Gasteiger partial charge is 0.0858 e. The predicted molar refractivity (Wildman–Crippen MR) is 59.1 cm³/mol. The van der Waals surface area contributed by atoms with Gasteiger partial charge < -0.3 is 5.11 Å². The molecule has 0 aromatic carbocycles. The van der Waals surface area contributed by atoms with Crippen LogP contribution in [0.5, 0.6) is 0 Å². The van der Waals surface area contributed by atoms with Crippen molar-refractivity contribution in [2.45, 2.75) is 57.5 Å². The minimum atomic E-state index is -0.443. The van der Waals surface area contributed by atoms with Crippen molar-refractivity contribution in [2.75, 3.05) is 0 Å². The van der Waals surface area contributed by atoms with Crippen LogP contribution in [0.25, 0.3) is 0 Å². The molecule has 14 heavy (non-hydrogen) atoms. The molecule has 2 aliphatic rings. The number of hydrogen-bond donors (Lipinski definition) is 1. The molecular weight excluding hydrogens is 172 g/mol. The summed E-state index contributed by atoms with van der Waals surface area (Å²) in [4.78, 5) is 0. The Morgan fingerprint density at radius 3 is 3.14 bits per heavy atom. The van der Waals surface area contributed by atoms with Crippen molar-refractivity contribution in [1.29, 1.82) is 0 Å². The highest BCUT2D eigenvalue weighted by Crippen LogP contribution is 2.52. The van der Waals surface area contributed by atoms with E-state index in [1.54, 1.807) is 0 Å². The minimum absolute atomic E-state index is 0.443. The Hall–Kier alpha value is -0.300. The molecule has 3 atom stereocenters. The first kappa shape index (κ1) is 10.2. The van der Waals surface area contributed by atoms with Crippen LogP contribution in [0, 0.1) is 11.8 Å². The topological polar surface area (TPSA) is 20.2 Å². The van der Waals surface area contributed by atoms with Gasteiger partial charge in [0.05, 0.1) is 5.60 Å². The van der Waals surface area contributed by atoms with Crippen molar-refractivity contribution in [1.82, 2.24) is 0 Å². The highest BCUT2D eigenvalue weighted by molar-refractivity contribution is 5.13. The fourth-order valence-electron chi connectivity index (χ4n) is 2.82. The maximum Gasteiger partial charge on any atom is 0.0858 e. The molecule has 80 valence electrons. The molecule has 0 amide bonds. The van der Waals surface area contributed by atoms with Gasteiger partial charge >= 0.3 is 0 Å². The maximum atomic E-state index is 10.5. The normalized spacial score (nSPS) is 43.6. The van der Waals surface area contributed by atoms with E-state index in [0.29, 0.717) is 5.92 Å². The highest BCUT2D eigenvalue weighted by atomic mass is 16.3. The van der Waals surface area contributed by atoms with Crippen molar-refractivity contribution >= 4 is 0 Å². The number of rotatable bonds is 3. The SMILES string of the molecule is CCCC[C@@]1(O)/C=C\CCC[C@H]2C[C@H]21. The summed E-state index contributed by atoms with van der Waals surface area (Å²) in [5, 5.41) is 10.5. The van der Waals surface area contributed by atoms with Crippen molar-refractivity contribution in [3.05, 3.63) is 12.2 Å². The zero-order valence-electron chi connectivity index (χ0n) is 9.21. The molecule has 0 aromatic heterocycles.